The molecule has 282 valence electrons. The average molecular weight is 750 g/mol. The van der Waals surface area contributed by atoms with Gasteiger partial charge in [0, 0.05) is 24.7 Å². The molecule has 0 aliphatic heterocycles. The van der Waals surface area contributed by atoms with E-state index in [0.717, 1.165) is 29.2 Å². The molecule has 0 aromatic heterocycles. The number of hydrogen-bond donors (Lipinski definition) is 1. The quantitative estimate of drug-likeness (QED) is 0.120. The highest BCUT2D eigenvalue weighted by Crippen LogP contribution is 2.40. The molecule has 0 spiro atoms. The van der Waals surface area contributed by atoms with E-state index in [0.29, 0.717) is 54.4 Å². The number of esters is 1. The molecule has 54 heavy (non-hydrogen) atoms. The Bertz CT molecular complexity index is 2040. The SMILES string of the molecule is COc1cc(C#N)c(OC2CCC(C)(C(=O)OCc3cccc4ccccc34)CC2)cc1C(=O)N(C)c1cc(Cl)ccc1C(=O)NCC1CCCCCC1. The third-order valence-corrected chi connectivity index (χ3v) is 11.3. The molecule has 2 aliphatic carbocycles. The zero-order valence-electron chi connectivity index (χ0n) is 31.3. The normalized spacial score (nSPS) is 18.9. The number of hydrogen-bond acceptors (Lipinski definition) is 7. The van der Waals surface area contributed by atoms with Crippen molar-refractivity contribution in [3.8, 4) is 17.6 Å². The summed E-state index contributed by atoms with van der Waals surface area (Å²) in [5.74, 6) is -0.114. The molecule has 10 heteroatoms. The molecule has 6 rings (SSSR count). The van der Waals surface area contributed by atoms with Crippen LogP contribution in [0, 0.1) is 22.7 Å². The van der Waals surface area contributed by atoms with E-state index >= 15 is 0 Å². The number of carbonyl (C=O) groups is 3. The van der Waals surface area contributed by atoms with Gasteiger partial charge in [-0.3, -0.25) is 14.4 Å². The average Bonchev–Trinajstić information content (AvgIpc) is 3.48. The second kappa shape index (κ2) is 17.4. The summed E-state index contributed by atoms with van der Waals surface area (Å²) in [6.07, 6.45) is 8.89. The molecule has 0 unspecified atom stereocenters. The molecule has 1 N–H and O–H groups in total. The fourth-order valence-corrected chi connectivity index (χ4v) is 7.88. The van der Waals surface area contributed by atoms with Gasteiger partial charge in [0.2, 0.25) is 0 Å². The molecule has 4 aromatic rings. The van der Waals surface area contributed by atoms with Crippen LogP contribution in [0.2, 0.25) is 5.02 Å². The first-order valence-electron chi connectivity index (χ1n) is 18.9. The minimum Gasteiger partial charge on any atom is -0.496 e. The van der Waals surface area contributed by atoms with Crippen molar-refractivity contribution >= 4 is 45.8 Å². The number of fused-ring (bicyclic) bond motifs is 1. The summed E-state index contributed by atoms with van der Waals surface area (Å²) < 4.78 is 17.8. The Balaban J connectivity index is 1.13. The van der Waals surface area contributed by atoms with Gasteiger partial charge in [0.25, 0.3) is 11.8 Å². The number of amides is 2. The van der Waals surface area contributed by atoms with Crippen molar-refractivity contribution in [3.63, 3.8) is 0 Å². The van der Waals surface area contributed by atoms with Crippen molar-refractivity contribution in [3.05, 3.63) is 100 Å². The number of benzene rings is 4. The molecule has 0 saturated heterocycles. The first-order valence-corrected chi connectivity index (χ1v) is 19.3. The summed E-state index contributed by atoms with van der Waals surface area (Å²) in [6.45, 7) is 2.70. The number of rotatable bonds is 11. The minimum atomic E-state index is -0.678. The highest BCUT2D eigenvalue weighted by molar-refractivity contribution is 6.31. The van der Waals surface area contributed by atoms with Crippen molar-refractivity contribution < 1.29 is 28.6 Å². The monoisotopic (exact) mass is 749 g/mol. The summed E-state index contributed by atoms with van der Waals surface area (Å²) in [6, 6.07) is 24.1. The molecular formula is C44H48ClN3O6. The van der Waals surface area contributed by atoms with Gasteiger partial charge in [0.05, 0.1) is 41.0 Å². The maximum atomic E-state index is 14.2. The zero-order chi connectivity index (χ0) is 38.2. The van der Waals surface area contributed by atoms with Crippen LogP contribution < -0.4 is 19.7 Å². The predicted molar refractivity (Wildman–Crippen MR) is 210 cm³/mol. The molecule has 2 fully saturated rings. The van der Waals surface area contributed by atoms with Crippen molar-refractivity contribution in [2.24, 2.45) is 11.3 Å². The first kappa shape index (κ1) is 38.6. The number of methoxy groups -OCH3 is 1. The maximum Gasteiger partial charge on any atom is 0.312 e. The van der Waals surface area contributed by atoms with Gasteiger partial charge in [-0.25, -0.2) is 0 Å². The van der Waals surface area contributed by atoms with Gasteiger partial charge in [0.1, 0.15) is 24.2 Å². The number of nitriles is 1. The Kier molecular flexibility index (Phi) is 12.4. The van der Waals surface area contributed by atoms with Crippen LogP contribution >= 0.6 is 11.6 Å². The zero-order valence-corrected chi connectivity index (χ0v) is 32.0. The van der Waals surface area contributed by atoms with E-state index in [4.69, 9.17) is 25.8 Å². The second-order valence-electron chi connectivity index (χ2n) is 14.8. The van der Waals surface area contributed by atoms with Gasteiger partial charge in [0.15, 0.2) is 0 Å². The Hall–Kier alpha value is -5.07. The van der Waals surface area contributed by atoms with Crippen LogP contribution in [0.25, 0.3) is 10.8 Å². The van der Waals surface area contributed by atoms with Gasteiger partial charge < -0.3 is 24.4 Å². The summed E-state index contributed by atoms with van der Waals surface area (Å²) in [5, 5.41) is 15.7. The van der Waals surface area contributed by atoms with E-state index in [1.54, 1.807) is 25.2 Å². The third kappa shape index (κ3) is 8.82. The Labute approximate surface area is 322 Å². The van der Waals surface area contributed by atoms with Gasteiger partial charge in [-0.1, -0.05) is 79.7 Å². The Morgan fingerprint density at radius 1 is 0.907 bits per heavy atom. The summed E-state index contributed by atoms with van der Waals surface area (Å²) in [4.78, 5) is 42.4. The maximum absolute atomic E-state index is 14.2. The lowest BCUT2D eigenvalue weighted by Gasteiger charge is -2.35. The molecule has 0 atom stereocenters. The molecule has 2 saturated carbocycles. The van der Waals surface area contributed by atoms with E-state index in [1.165, 1.54) is 49.8 Å². The van der Waals surface area contributed by atoms with Crippen molar-refractivity contribution in [1.29, 1.82) is 5.26 Å². The Morgan fingerprint density at radius 3 is 2.35 bits per heavy atom. The molecule has 0 bridgehead atoms. The number of ether oxygens (including phenoxy) is 3. The third-order valence-electron chi connectivity index (χ3n) is 11.1. The number of anilines is 1. The number of halogens is 1. The fraction of sp³-hybridized carbons (Fsp3) is 0.409. The van der Waals surface area contributed by atoms with Crippen LogP contribution in [0.1, 0.15) is 103 Å². The lowest BCUT2D eigenvalue weighted by molar-refractivity contribution is -0.159. The van der Waals surface area contributed by atoms with Crippen molar-refractivity contribution in [1.82, 2.24) is 5.32 Å². The smallest absolute Gasteiger partial charge is 0.312 e. The highest BCUT2D eigenvalue weighted by Gasteiger charge is 2.40. The molecular weight excluding hydrogens is 702 g/mol. The van der Waals surface area contributed by atoms with E-state index in [1.807, 2.05) is 49.4 Å². The second-order valence-corrected chi connectivity index (χ2v) is 15.3. The van der Waals surface area contributed by atoms with E-state index < -0.39 is 11.3 Å². The highest BCUT2D eigenvalue weighted by atomic mass is 35.5. The molecule has 4 aromatic carbocycles. The lowest BCUT2D eigenvalue weighted by atomic mass is 9.74. The van der Waals surface area contributed by atoms with Gasteiger partial charge >= 0.3 is 5.97 Å². The molecule has 0 heterocycles. The summed E-state index contributed by atoms with van der Waals surface area (Å²) >= 11 is 6.39. The van der Waals surface area contributed by atoms with Crippen molar-refractivity contribution in [2.75, 3.05) is 25.6 Å². The van der Waals surface area contributed by atoms with Crippen LogP contribution in [0.3, 0.4) is 0 Å². The van der Waals surface area contributed by atoms with Gasteiger partial charge in [-0.05, 0) is 92.0 Å². The minimum absolute atomic E-state index is 0.163. The first-order chi connectivity index (χ1) is 26.1. The van der Waals surface area contributed by atoms with Crippen LogP contribution in [-0.4, -0.2) is 44.6 Å². The molecule has 2 aliphatic rings. The van der Waals surface area contributed by atoms with Crippen LogP contribution in [-0.2, 0) is 16.1 Å². The Morgan fingerprint density at radius 2 is 1.63 bits per heavy atom. The van der Waals surface area contributed by atoms with Crippen molar-refractivity contribution in [2.45, 2.75) is 83.8 Å². The summed E-state index contributed by atoms with van der Waals surface area (Å²) in [7, 11) is 3.01. The lowest BCUT2D eigenvalue weighted by Crippen LogP contribution is -2.37. The molecule has 9 nitrogen and oxygen atoms in total. The number of nitrogens with zero attached hydrogens (tertiary/aromatic N) is 2. The predicted octanol–water partition coefficient (Wildman–Crippen LogP) is 9.42. The van der Waals surface area contributed by atoms with Crippen LogP contribution in [0.15, 0.2) is 72.8 Å². The van der Waals surface area contributed by atoms with E-state index in [-0.39, 0.29) is 47.2 Å². The molecule has 0 radical (unpaired) electrons. The standard InChI is InChI=1S/C44H48ClN3O6/c1-44(43(51)53-28-31-15-10-14-30-13-8-9-16-35(30)31)21-19-34(20-22-44)54-39-25-37(40(52-3)23-32(39)26-46)42(50)48(2)38-24-33(45)17-18-36(38)41(49)47-27-29-11-6-4-5-7-12-29/h8-10,13-18,23-25,29,34H,4-7,11-12,19-22,27-28H2,1-3H3,(H,47,49). The van der Waals surface area contributed by atoms with Gasteiger partial charge in [-0.15, -0.1) is 0 Å². The number of nitrogens with one attached hydrogen (secondary N) is 1. The van der Waals surface area contributed by atoms with Crippen LogP contribution in [0.5, 0.6) is 11.5 Å². The largest absolute Gasteiger partial charge is 0.496 e. The topological polar surface area (TPSA) is 118 Å². The number of carbonyl (C=O) groups excluding carboxylic acids is 3. The van der Waals surface area contributed by atoms with E-state index in [2.05, 4.69) is 11.4 Å². The summed E-state index contributed by atoms with van der Waals surface area (Å²) in [5.41, 5.74) is 1.34. The molecule has 2 amide bonds. The van der Waals surface area contributed by atoms with E-state index in [9.17, 15) is 19.6 Å². The van der Waals surface area contributed by atoms with Crippen LogP contribution in [0.4, 0.5) is 5.69 Å². The van der Waals surface area contributed by atoms with Gasteiger partial charge in [-0.2, -0.15) is 5.26 Å². The fourth-order valence-electron chi connectivity index (χ4n) is 7.71.